The van der Waals surface area contributed by atoms with E-state index < -0.39 is 0 Å². The first-order chi connectivity index (χ1) is 12.6. The molecule has 0 aliphatic carbocycles. The third kappa shape index (κ3) is 5.05. The molecule has 1 fully saturated rings. The molecule has 7 heteroatoms. The van der Waals surface area contributed by atoms with Gasteiger partial charge >= 0.3 is 0 Å². The van der Waals surface area contributed by atoms with E-state index in [4.69, 9.17) is 16.0 Å². The first-order valence-electron chi connectivity index (χ1n) is 8.61. The molecule has 0 atom stereocenters. The fraction of sp³-hybridized carbons (Fsp3) is 0.368. The van der Waals surface area contributed by atoms with Crippen LogP contribution < -0.4 is 5.32 Å². The molecule has 2 aromatic rings. The Morgan fingerprint density at radius 2 is 1.92 bits per heavy atom. The predicted molar refractivity (Wildman–Crippen MR) is 103 cm³/mol. The molecule has 26 heavy (non-hydrogen) atoms. The van der Waals surface area contributed by atoms with Crippen molar-refractivity contribution in [2.24, 2.45) is 5.92 Å². The Balaban J connectivity index is 1.36. The van der Waals surface area contributed by atoms with Crippen molar-refractivity contribution in [1.82, 2.24) is 10.2 Å². The predicted octanol–water partition coefficient (Wildman–Crippen LogP) is 3.69. The second-order valence-electron chi connectivity index (χ2n) is 6.17. The lowest BCUT2D eigenvalue weighted by Crippen LogP contribution is -2.43. The summed E-state index contributed by atoms with van der Waals surface area (Å²) in [6.45, 7) is 1.82. The molecule has 2 heterocycles. The second-order valence-corrected chi connectivity index (χ2v) is 7.78. The maximum Gasteiger partial charge on any atom is 0.257 e. The largest absolute Gasteiger partial charge is 0.472 e. The first-order valence-corrected chi connectivity index (χ1v) is 9.97. The molecule has 1 aromatic heterocycles. The number of benzene rings is 1. The van der Waals surface area contributed by atoms with E-state index in [1.807, 2.05) is 24.3 Å². The lowest BCUT2D eigenvalue weighted by Gasteiger charge is -2.31. The van der Waals surface area contributed by atoms with Crippen molar-refractivity contribution in [3.63, 3.8) is 0 Å². The quantitative estimate of drug-likeness (QED) is 0.601. The normalized spacial score (nSPS) is 15.0. The van der Waals surface area contributed by atoms with Gasteiger partial charge in [0.2, 0.25) is 5.91 Å². The standard InChI is InChI=1S/C19H21ClN2O3S/c20-16-1-3-17(4-2-16)26-12-8-21-18(23)14-5-9-22(10-6-14)19(24)15-7-11-25-13-15/h1-4,7,11,13-14H,5-6,8-10,12H2,(H,21,23). The van der Waals surface area contributed by atoms with Crippen LogP contribution in [0.2, 0.25) is 5.02 Å². The Bertz CT molecular complexity index is 726. The summed E-state index contributed by atoms with van der Waals surface area (Å²) in [5, 5.41) is 3.72. The van der Waals surface area contributed by atoms with Gasteiger partial charge in [0.05, 0.1) is 11.8 Å². The molecular formula is C19H21ClN2O3S. The lowest BCUT2D eigenvalue weighted by molar-refractivity contribution is -0.126. The molecule has 2 amide bonds. The summed E-state index contributed by atoms with van der Waals surface area (Å²) in [6.07, 6.45) is 4.34. The minimum Gasteiger partial charge on any atom is -0.472 e. The molecule has 0 saturated carbocycles. The van der Waals surface area contributed by atoms with E-state index in [0.29, 0.717) is 38.0 Å². The van der Waals surface area contributed by atoms with Crippen molar-refractivity contribution in [2.75, 3.05) is 25.4 Å². The summed E-state index contributed by atoms with van der Waals surface area (Å²) in [5.41, 5.74) is 0.562. The van der Waals surface area contributed by atoms with E-state index >= 15 is 0 Å². The highest BCUT2D eigenvalue weighted by Gasteiger charge is 2.27. The summed E-state index contributed by atoms with van der Waals surface area (Å²) in [7, 11) is 0. The van der Waals surface area contributed by atoms with Crippen molar-refractivity contribution in [1.29, 1.82) is 0 Å². The molecule has 1 aliphatic rings. The maximum atomic E-state index is 12.3. The number of carbonyl (C=O) groups excluding carboxylic acids is 2. The van der Waals surface area contributed by atoms with Gasteiger partial charge in [-0.3, -0.25) is 9.59 Å². The van der Waals surface area contributed by atoms with E-state index in [-0.39, 0.29) is 17.7 Å². The van der Waals surface area contributed by atoms with Crippen LogP contribution in [0.5, 0.6) is 0 Å². The van der Waals surface area contributed by atoms with E-state index in [9.17, 15) is 9.59 Å². The van der Waals surface area contributed by atoms with Crippen LogP contribution >= 0.6 is 23.4 Å². The number of likely N-dealkylation sites (tertiary alicyclic amines) is 1. The van der Waals surface area contributed by atoms with Crippen molar-refractivity contribution in [3.05, 3.63) is 53.4 Å². The van der Waals surface area contributed by atoms with E-state index in [1.54, 1.807) is 22.7 Å². The number of amides is 2. The van der Waals surface area contributed by atoms with Gasteiger partial charge in [0.1, 0.15) is 6.26 Å². The van der Waals surface area contributed by atoms with Crippen molar-refractivity contribution >= 4 is 35.2 Å². The van der Waals surface area contributed by atoms with Crippen LogP contribution in [-0.2, 0) is 4.79 Å². The summed E-state index contributed by atoms with van der Waals surface area (Å²) in [5.74, 6) is 0.837. The van der Waals surface area contributed by atoms with Crippen LogP contribution in [0.25, 0.3) is 0 Å². The average molecular weight is 393 g/mol. The number of rotatable bonds is 6. The third-order valence-corrected chi connectivity index (χ3v) is 5.67. The molecule has 1 aliphatic heterocycles. The Labute approximate surface area is 162 Å². The summed E-state index contributed by atoms with van der Waals surface area (Å²) < 4.78 is 4.96. The number of furan rings is 1. The number of nitrogens with zero attached hydrogens (tertiary/aromatic N) is 1. The fourth-order valence-electron chi connectivity index (χ4n) is 2.93. The van der Waals surface area contributed by atoms with E-state index in [2.05, 4.69) is 5.32 Å². The molecule has 1 aromatic carbocycles. The minimum atomic E-state index is -0.0306. The van der Waals surface area contributed by atoms with Crippen molar-refractivity contribution < 1.29 is 14.0 Å². The zero-order valence-electron chi connectivity index (χ0n) is 14.3. The van der Waals surface area contributed by atoms with Crippen LogP contribution in [0.1, 0.15) is 23.2 Å². The monoisotopic (exact) mass is 392 g/mol. The summed E-state index contributed by atoms with van der Waals surface area (Å²) in [6, 6.07) is 9.34. The average Bonchev–Trinajstić information content (AvgIpc) is 3.21. The molecule has 1 saturated heterocycles. The number of nitrogens with one attached hydrogen (secondary N) is 1. The van der Waals surface area contributed by atoms with E-state index in [1.165, 1.54) is 12.5 Å². The second kappa shape index (κ2) is 9.14. The van der Waals surface area contributed by atoms with Gasteiger partial charge in [-0.05, 0) is 43.2 Å². The molecule has 0 spiro atoms. The third-order valence-electron chi connectivity index (χ3n) is 4.40. The smallest absolute Gasteiger partial charge is 0.257 e. The topological polar surface area (TPSA) is 62.6 Å². The van der Waals surface area contributed by atoms with Crippen LogP contribution in [-0.4, -0.2) is 42.1 Å². The van der Waals surface area contributed by atoms with Gasteiger partial charge in [-0.15, -0.1) is 11.8 Å². The number of carbonyl (C=O) groups is 2. The van der Waals surface area contributed by atoms with Crippen molar-refractivity contribution in [3.8, 4) is 0 Å². The molecule has 1 N–H and O–H groups in total. The number of hydrogen-bond acceptors (Lipinski definition) is 4. The zero-order valence-corrected chi connectivity index (χ0v) is 15.9. The molecular weight excluding hydrogens is 372 g/mol. The summed E-state index contributed by atoms with van der Waals surface area (Å²) >= 11 is 7.55. The summed E-state index contributed by atoms with van der Waals surface area (Å²) in [4.78, 5) is 27.5. The van der Waals surface area contributed by atoms with E-state index in [0.717, 1.165) is 15.7 Å². The fourth-order valence-corrected chi connectivity index (χ4v) is 3.83. The molecule has 3 rings (SSSR count). The van der Waals surface area contributed by atoms with Crippen molar-refractivity contribution in [2.45, 2.75) is 17.7 Å². The molecule has 5 nitrogen and oxygen atoms in total. The number of thioether (sulfide) groups is 1. The highest BCUT2D eigenvalue weighted by atomic mass is 35.5. The maximum absolute atomic E-state index is 12.3. The zero-order chi connectivity index (χ0) is 18.4. The van der Waals surface area contributed by atoms with Crippen LogP contribution in [0.4, 0.5) is 0 Å². The number of hydrogen-bond donors (Lipinski definition) is 1. The molecule has 0 unspecified atom stereocenters. The van der Waals surface area contributed by atoms with Gasteiger partial charge < -0.3 is 14.6 Å². The Hall–Kier alpha value is -1.92. The Morgan fingerprint density at radius 3 is 2.58 bits per heavy atom. The van der Waals surface area contributed by atoms with Gasteiger partial charge in [0.15, 0.2) is 0 Å². The lowest BCUT2D eigenvalue weighted by atomic mass is 9.95. The minimum absolute atomic E-state index is 0.0241. The van der Waals surface area contributed by atoms with Gasteiger partial charge in [-0.1, -0.05) is 11.6 Å². The van der Waals surface area contributed by atoms with Gasteiger partial charge in [0, 0.05) is 41.2 Å². The first kappa shape index (κ1) is 18.9. The Kier molecular flexibility index (Phi) is 6.63. The highest BCUT2D eigenvalue weighted by Crippen LogP contribution is 2.21. The Morgan fingerprint density at radius 1 is 1.19 bits per heavy atom. The van der Waals surface area contributed by atoms with Crippen LogP contribution in [0.3, 0.4) is 0 Å². The van der Waals surface area contributed by atoms with Gasteiger partial charge in [-0.2, -0.15) is 0 Å². The number of piperidine rings is 1. The van der Waals surface area contributed by atoms with Crippen LogP contribution in [0, 0.1) is 5.92 Å². The van der Waals surface area contributed by atoms with Gasteiger partial charge in [0.25, 0.3) is 5.91 Å². The van der Waals surface area contributed by atoms with Gasteiger partial charge in [-0.25, -0.2) is 0 Å². The molecule has 0 radical (unpaired) electrons. The van der Waals surface area contributed by atoms with Crippen LogP contribution in [0.15, 0.2) is 52.2 Å². The molecule has 138 valence electrons. The highest BCUT2D eigenvalue weighted by molar-refractivity contribution is 7.99. The SMILES string of the molecule is O=C(NCCSc1ccc(Cl)cc1)C1CCN(C(=O)c2ccoc2)CC1. The molecule has 0 bridgehead atoms. The number of halogens is 1.